The van der Waals surface area contributed by atoms with Gasteiger partial charge in [-0.25, -0.2) is 0 Å². The van der Waals surface area contributed by atoms with Crippen LogP contribution < -0.4 is 5.32 Å². The molecule has 1 fully saturated rings. The molecule has 82 valence electrons. The monoisotopic (exact) mass is 197 g/mol. The molecule has 1 rings (SSSR count). The van der Waals surface area contributed by atoms with Crippen LogP contribution in [0.5, 0.6) is 0 Å². The Kier molecular flexibility index (Phi) is 4.59. The van der Waals surface area contributed by atoms with Gasteiger partial charge in [0.1, 0.15) is 5.78 Å². The Morgan fingerprint density at radius 1 is 1.43 bits per heavy atom. The third-order valence-corrected chi connectivity index (χ3v) is 3.08. The van der Waals surface area contributed by atoms with Gasteiger partial charge in [0, 0.05) is 12.0 Å². The van der Waals surface area contributed by atoms with Crippen LogP contribution in [0.25, 0.3) is 0 Å². The van der Waals surface area contributed by atoms with Crippen LogP contribution in [0.4, 0.5) is 0 Å². The highest BCUT2D eigenvalue weighted by molar-refractivity contribution is 5.83. The molecule has 1 aliphatic rings. The maximum atomic E-state index is 11.8. The van der Waals surface area contributed by atoms with E-state index in [9.17, 15) is 4.79 Å². The van der Waals surface area contributed by atoms with Crippen molar-refractivity contribution in [3.05, 3.63) is 0 Å². The summed E-state index contributed by atoms with van der Waals surface area (Å²) in [4.78, 5) is 11.8. The van der Waals surface area contributed by atoms with E-state index >= 15 is 0 Å². The molecule has 1 N–H and O–H groups in total. The predicted molar refractivity (Wildman–Crippen MR) is 59.3 cm³/mol. The fourth-order valence-corrected chi connectivity index (χ4v) is 2.18. The Hall–Kier alpha value is -0.370. The number of rotatable bonds is 4. The summed E-state index contributed by atoms with van der Waals surface area (Å²) in [7, 11) is 0. The lowest BCUT2D eigenvalue weighted by atomic mass is 9.80. The van der Waals surface area contributed by atoms with Crippen molar-refractivity contribution in [2.45, 2.75) is 52.5 Å². The van der Waals surface area contributed by atoms with E-state index in [0.717, 1.165) is 18.8 Å². The van der Waals surface area contributed by atoms with Crippen molar-refractivity contribution in [2.24, 2.45) is 11.8 Å². The first-order valence-corrected chi connectivity index (χ1v) is 5.85. The SMILES string of the molecule is CC1CCCC(C(=O)CNC(C)C)C1. The summed E-state index contributed by atoms with van der Waals surface area (Å²) in [5, 5.41) is 3.21. The minimum Gasteiger partial charge on any atom is -0.308 e. The second-order valence-corrected chi connectivity index (χ2v) is 4.97. The van der Waals surface area contributed by atoms with Gasteiger partial charge in [-0.3, -0.25) is 4.79 Å². The Bertz CT molecular complexity index is 189. The molecule has 0 saturated heterocycles. The fourth-order valence-electron chi connectivity index (χ4n) is 2.18. The van der Waals surface area contributed by atoms with Crippen molar-refractivity contribution in [1.29, 1.82) is 0 Å². The summed E-state index contributed by atoms with van der Waals surface area (Å²) in [6.45, 7) is 6.98. The Morgan fingerprint density at radius 2 is 2.14 bits per heavy atom. The largest absolute Gasteiger partial charge is 0.308 e. The highest BCUT2D eigenvalue weighted by Crippen LogP contribution is 2.28. The molecule has 2 nitrogen and oxygen atoms in total. The van der Waals surface area contributed by atoms with Crippen molar-refractivity contribution in [2.75, 3.05) is 6.54 Å². The van der Waals surface area contributed by atoms with E-state index in [1.807, 2.05) is 0 Å². The lowest BCUT2D eigenvalue weighted by molar-refractivity contribution is -0.123. The van der Waals surface area contributed by atoms with Gasteiger partial charge < -0.3 is 5.32 Å². The van der Waals surface area contributed by atoms with Gasteiger partial charge in [0.05, 0.1) is 6.54 Å². The zero-order valence-electron chi connectivity index (χ0n) is 9.68. The van der Waals surface area contributed by atoms with Gasteiger partial charge in [-0.1, -0.05) is 33.6 Å². The molecule has 2 heteroatoms. The highest BCUT2D eigenvalue weighted by Gasteiger charge is 2.24. The fraction of sp³-hybridized carbons (Fsp3) is 0.917. The predicted octanol–water partition coefficient (Wildman–Crippen LogP) is 2.38. The van der Waals surface area contributed by atoms with Crippen molar-refractivity contribution in [3.8, 4) is 0 Å². The van der Waals surface area contributed by atoms with Crippen molar-refractivity contribution in [3.63, 3.8) is 0 Å². The Labute approximate surface area is 87.5 Å². The number of ketones is 1. The average Bonchev–Trinajstić information content (AvgIpc) is 2.14. The standard InChI is InChI=1S/C12H23NO/c1-9(2)13-8-12(14)11-6-4-5-10(3)7-11/h9-11,13H,4-8H2,1-3H3. The average molecular weight is 197 g/mol. The summed E-state index contributed by atoms with van der Waals surface area (Å²) in [6, 6.07) is 0.417. The molecular weight excluding hydrogens is 174 g/mol. The molecule has 1 aliphatic carbocycles. The molecule has 0 heterocycles. The summed E-state index contributed by atoms with van der Waals surface area (Å²) in [5.74, 6) is 1.51. The van der Waals surface area contributed by atoms with Crippen LogP contribution in [0.3, 0.4) is 0 Å². The Morgan fingerprint density at radius 3 is 2.71 bits per heavy atom. The van der Waals surface area contributed by atoms with Gasteiger partial charge in [0.25, 0.3) is 0 Å². The molecule has 0 aromatic rings. The van der Waals surface area contributed by atoms with Gasteiger partial charge >= 0.3 is 0 Å². The first-order valence-electron chi connectivity index (χ1n) is 5.85. The van der Waals surface area contributed by atoms with E-state index in [4.69, 9.17) is 0 Å². The van der Waals surface area contributed by atoms with E-state index in [1.165, 1.54) is 12.8 Å². The van der Waals surface area contributed by atoms with Gasteiger partial charge in [-0.15, -0.1) is 0 Å². The topological polar surface area (TPSA) is 29.1 Å². The van der Waals surface area contributed by atoms with Crippen LogP contribution in [0.2, 0.25) is 0 Å². The molecule has 0 aliphatic heterocycles. The molecule has 0 aromatic heterocycles. The van der Waals surface area contributed by atoms with Crippen LogP contribution in [0.1, 0.15) is 46.5 Å². The van der Waals surface area contributed by atoms with E-state index in [2.05, 4.69) is 26.1 Å². The second kappa shape index (κ2) is 5.50. The maximum Gasteiger partial charge on any atom is 0.149 e. The normalized spacial score (nSPS) is 28.0. The molecule has 0 amide bonds. The number of nitrogens with one attached hydrogen (secondary N) is 1. The minimum atomic E-state index is 0.338. The van der Waals surface area contributed by atoms with Crippen LogP contribution >= 0.6 is 0 Å². The smallest absolute Gasteiger partial charge is 0.149 e. The van der Waals surface area contributed by atoms with E-state index in [0.29, 0.717) is 24.3 Å². The quantitative estimate of drug-likeness (QED) is 0.749. The second-order valence-electron chi connectivity index (χ2n) is 4.97. The first kappa shape index (κ1) is 11.7. The van der Waals surface area contributed by atoms with Gasteiger partial charge in [0.2, 0.25) is 0 Å². The van der Waals surface area contributed by atoms with Gasteiger partial charge in [0.15, 0.2) is 0 Å². The number of carbonyl (C=O) groups excluding carboxylic acids is 1. The van der Waals surface area contributed by atoms with Crippen LogP contribution in [0.15, 0.2) is 0 Å². The summed E-state index contributed by atoms with van der Waals surface area (Å²) in [6.07, 6.45) is 4.77. The number of carbonyl (C=O) groups is 1. The molecule has 0 bridgehead atoms. The van der Waals surface area contributed by atoms with Crippen LogP contribution in [-0.2, 0) is 4.79 Å². The third kappa shape index (κ3) is 3.79. The lowest BCUT2D eigenvalue weighted by Gasteiger charge is -2.25. The third-order valence-electron chi connectivity index (χ3n) is 3.08. The maximum absolute atomic E-state index is 11.8. The van der Waals surface area contributed by atoms with Crippen LogP contribution in [0, 0.1) is 11.8 Å². The van der Waals surface area contributed by atoms with Gasteiger partial charge in [-0.2, -0.15) is 0 Å². The lowest BCUT2D eigenvalue weighted by Crippen LogP contribution is -2.34. The van der Waals surface area contributed by atoms with Crippen LogP contribution in [-0.4, -0.2) is 18.4 Å². The van der Waals surface area contributed by atoms with Crippen molar-refractivity contribution < 1.29 is 4.79 Å². The van der Waals surface area contributed by atoms with E-state index in [1.54, 1.807) is 0 Å². The molecule has 0 radical (unpaired) electrons. The molecule has 14 heavy (non-hydrogen) atoms. The molecule has 1 saturated carbocycles. The van der Waals surface area contributed by atoms with E-state index < -0.39 is 0 Å². The molecule has 0 aromatic carbocycles. The highest BCUT2D eigenvalue weighted by atomic mass is 16.1. The number of Topliss-reactive ketones (excluding diaryl/α,β-unsaturated/α-hetero) is 1. The zero-order valence-corrected chi connectivity index (χ0v) is 9.68. The Balaban J connectivity index is 2.29. The summed E-state index contributed by atoms with van der Waals surface area (Å²) >= 11 is 0. The van der Waals surface area contributed by atoms with Crippen molar-refractivity contribution in [1.82, 2.24) is 5.32 Å². The summed E-state index contributed by atoms with van der Waals surface area (Å²) < 4.78 is 0. The minimum absolute atomic E-state index is 0.338. The van der Waals surface area contributed by atoms with E-state index in [-0.39, 0.29) is 0 Å². The molecule has 2 unspecified atom stereocenters. The molecule has 2 atom stereocenters. The first-order chi connectivity index (χ1) is 6.59. The summed E-state index contributed by atoms with van der Waals surface area (Å²) in [5.41, 5.74) is 0. The van der Waals surface area contributed by atoms with Gasteiger partial charge in [-0.05, 0) is 18.8 Å². The number of hydrogen-bond acceptors (Lipinski definition) is 2. The molecular formula is C12H23NO. The zero-order chi connectivity index (χ0) is 10.6. The van der Waals surface area contributed by atoms with Crippen molar-refractivity contribution >= 4 is 5.78 Å². The molecule has 0 spiro atoms. The number of hydrogen-bond donors (Lipinski definition) is 1.